The number of carbonyl (C=O) groups is 1. The lowest BCUT2D eigenvalue weighted by molar-refractivity contribution is 0.102. The minimum atomic E-state index is -0.307. The highest BCUT2D eigenvalue weighted by molar-refractivity contribution is 9.10. The first-order valence-electron chi connectivity index (χ1n) is 6.45. The summed E-state index contributed by atoms with van der Waals surface area (Å²) in [5, 5.41) is 2.77. The predicted octanol–water partition coefficient (Wildman–Crippen LogP) is 3.47. The molecule has 0 saturated heterocycles. The number of pyridine rings is 1. The largest absolute Gasteiger partial charge is 0.491 e. The zero-order valence-corrected chi connectivity index (χ0v) is 13.3. The Labute approximate surface area is 131 Å². The van der Waals surface area contributed by atoms with E-state index in [0.717, 1.165) is 5.75 Å². The highest BCUT2D eigenvalue weighted by Crippen LogP contribution is 2.20. The molecular formula is C15H16BrN3O2. The van der Waals surface area contributed by atoms with Crippen LogP contribution < -0.4 is 15.8 Å². The van der Waals surface area contributed by atoms with Crippen molar-refractivity contribution in [3.8, 4) is 5.75 Å². The van der Waals surface area contributed by atoms with Crippen molar-refractivity contribution in [3.05, 3.63) is 46.6 Å². The van der Waals surface area contributed by atoms with Crippen LogP contribution in [0.4, 0.5) is 11.5 Å². The monoisotopic (exact) mass is 349 g/mol. The number of hydrogen-bond acceptors (Lipinski definition) is 4. The first-order chi connectivity index (χ1) is 9.95. The van der Waals surface area contributed by atoms with Crippen molar-refractivity contribution in [3.63, 3.8) is 0 Å². The van der Waals surface area contributed by atoms with E-state index >= 15 is 0 Å². The summed E-state index contributed by atoms with van der Waals surface area (Å²) in [6, 6.07) is 8.79. The lowest BCUT2D eigenvalue weighted by Crippen LogP contribution is -2.15. The number of anilines is 2. The normalized spacial score (nSPS) is 10.5. The van der Waals surface area contributed by atoms with Crippen molar-refractivity contribution < 1.29 is 9.53 Å². The van der Waals surface area contributed by atoms with E-state index < -0.39 is 0 Å². The van der Waals surface area contributed by atoms with Gasteiger partial charge in [0.1, 0.15) is 11.6 Å². The molecule has 1 heterocycles. The van der Waals surface area contributed by atoms with Gasteiger partial charge in [-0.15, -0.1) is 0 Å². The van der Waals surface area contributed by atoms with Crippen molar-refractivity contribution in [2.45, 2.75) is 20.0 Å². The van der Waals surface area contributed by atoms with Crippen LogP contribution in [0.5, 0.6) is 5.75 Å². The molecule has 0 fully saturated rings. The van der Waals surface area contributed by atoms with Gasteiger partial charge >= 0.3 is 0 Å². The van der Waals surface area contributed by atoms with E-state index in [1.807, 2.05) is 13.8 Å². The number of amides is 1. The molecule has 1 aromatic carbocycles. The number of nitrogens with zero attached hydrogens (tertiary/aromatic N) is 1. The number of nitrogen functional groups attached to an aromatic ring is 1. The van der Waals surface area contributed by atoms with E-state index in [1.54, 1.807) is 36.5 Å². The molecule has 0 saturated carbocycles. The lowest BCUT2D eigenvalue weighted by atomic mass is 10.2. The second-order valence-electron chi connectivity index (χ2n) is 4.73. The number of ether oxygens (including phenoxy) is 1. The van der Waals surface area contributed by atoms with E-state index in [1.165, 1.54) is 0 Å². The van der Waals surface area contributed by atoms with E-state index in [-0.39, 0.29) is 17.8 Å². The molecule has 0 spiro atoms. The molecule has 5 nitrogen and oxygen atoms in total. The maximum Gasteiger partial charge on any atom is 0.259 e. The second kappa shape index (κ2) is 6.58. The fraction of sp³-hybridized carbons (Fsp3) is 0.200. The molecule has 3 N–H and O–H groups in total. The average Bonchev–Trinajstić information content (AvgIpc) is 2.43. The first-order valence-corrected chi connectivity index (χ1v) is 7.24. The minimum Gasteiger partial charge on any atom is -0.491 e. The number of carbonyl (C=O) groups excluding carboxylic acids is 1. The summed E-state index contributed by atoms with van der Waals surface area (Å²) < 4.78 is 6.24. The van der Waals surface area contributed by atoms with Crippen LogP contribution in [0.1, 0.15) is 24.2 Å². The molecule has 110 valence electrons. The molecule has 0 aliphatic heterocycles. The Balaban J connectivity index is 2.10. The number of nitrogens with two attached hydrogens (primary N) is 1. The third kappa shape index (κ3) is 4.19. The predicted molar refractivity (Wildman–Crippen MR) is 86.5 cm³/mol. The van der Waals surface area contributed by atoms with Crippen LogP contribution in [0.3, 0.4) is 0 Å². The van der Waals surface area contributed by atoms with Gasteiger partial charge in [0.25, 0.3) is 5.91 Å². The summed E-state index contributed by atoms with van der Waals surface area (Å²) in [6.45, 7) is 3.91. The van der Waals surface area contributed by atoms with E-state index in [9.17, 15) is 4.79 Å². The van der Waals surface area contributed by atoms with Gasteiger partial charge in [-0.1, -0.05) is 0 Å². The minimum absolute atomic E-state index is 0.109. The molecule has 0 aliphatic rings. The number of nitrogens with one attached hydrogen (secondary N) is 1. The zero-order valence-electron chi connectivity index (χ0n) is 11.8. The van der Waals surface area contributed by atoms with Crippen LogP contribution >= 0.6 is 15.9 Å². The summed E-state index contributed by atoms with van der Waals surface area (Å²) >= 11 is 3.27. The number of benzene rings is 1. The summed E-state index contributed by atoms with van der Waals surface area (Å²) in [6.07, 6.45) is 1.66. The van der Waals surface area contributed by atoms with Gasteiger partial charge in [0.2, 0.25) is 0 Å². The fourth-order valence-corrected chi connectivity index (χ4v) is 2.05. The van der Waals surface area contributed by atoms with Crippen molar-refractivity contribution in [2.75, 3.05) is 11.1 Å². The Bertz CT molecular complexity index is 642. The molecule has 1 aromatic heterocycles. The van der Waals surface area contributed by atoms with Crippen LogP contribution in [0.15, 0.2) is 41.0 Å². The third-order valence-electron chi connectivity index (χ3n) is 2.61. The van der Waals surface area contributed by atoms with Gasteiger partial charge in [-0.2, -0.15) is 0 Å². The molecule has 0 radical (unpaired) electrons. The maximum atomic E-state index is 12.2. The SMILES string of the molecule is CC(C)Oc1ccc(NC(=O)c2cc(Br)cnc2N)cc1. The van der Waals surface area contributed by atoms with Crippen LogP contribution in [-0.2, 0) is 0 Å². The number of aromatic nitrogens is 1. The van der Waals surface area contributed by atoms with E-state index in [2.05, 4.69) is 26.2 Å². The molecule has 2 aromatic rings. The van der Waals surface area contributed by atoms with Crippen LogP contribution in [0.2, 0.25) is 0 Å². The Morgan fingerprint density at radius 1 is 1.33 bits per heavy atom. The van der Waals surface area contributed by atoms with Gasteiger partial charge in [0.05, 0.1) is 11.7 Å². The Morgan fingerprint density at radius 3 is 2.62 bits per heavy atom. The zero-order chi connectivity index (χ0) is 15.4. The number of halogens is 1. The van der Waals surface area contributed by atoms with E-state index in [4.69, 9.17) is 10.5 Å². The molecule has 2 rings (SSSR count). The quantitative estimate of drug-likeness (QED) is 0.885. The summed E-state index contributed by atoms with van der Waals surface area (Å²) in [5.74, 6) is 0.640. The van der Waals surface area contributed by atoms with Crippen molar-refractivity contribution in [1.82, 2.24) is 4.98 Å². The molecule has 0 aliphatic carbocycles. The standard InChI is InChI=1S/C15H16BrN3O2/c1-9(2)21-12-5-3-11(4-6-12)19-15(20)13-7-10(16)8-18-14(13)17/h3-9H,1-2H3,(H2,17,18)(H,19,20). The van der Waals surface area contributed by atoms with Crippen LogP contribution in [0, 0.1) is 0 Å². The Kier molecular flexibility index (Phi) is 4.80. The first kappa shape index (κ1) is 15.3. The van der Waals surface area contributed by atoms with E-state index in [0.29, 0.717) is 15.7 Å². The highest BCUT2D eigenvalue weighted by atomic mass is 79.9. The van der Waals surface area contributed by atoms with Crippen LogP contribution in [-0.4, -0.2) is 17.0 Å². The van der Waals surface area contributed by atoms with Gasteiger partial charge in [-0.05, 0) is 60.1 Å². The fourth-order valence-electron chi connectivity index (χ4n) is 1.72. The molecule has 0 bridgehead atoms. The van der Waals surface area contributed by atoms with Gasteiger partial charge in [-0.25, -0.2) is 4.98 Å². The van der Waals surface area contributed by atoms with Gasteiger partial charge < -0.3 is 15.8 Å². The van der Waals surface area contributed by atoms with Gasteiger partial charge in [0, 0.05) is 16.4 Å². The Morgan fingerprint density at radius 2 is 2.00 bits per heavy atom. The average molecular weight is 350 g/mol. The Hall–Kier alpha value is -2.08. The lowest BCUT2D eigenvalue weighted by Gasteiger charge is -2.11. The summed E-state index contributed by atoms with van der Waals surface area (Å²) in [7, 11) is 0. The highest BCUT2D eigenvalue weighted by Gasteiger charge is 2.11. The molecule has 6 heteroatoms. The van der Waals surface area contributed by atoms with Crippen LogP contribution in [0.25, 0.3) is 0 Å². The molecular weight excluding hydrogens is 334 g/mol. The summed E-state index contributed by atoms with van der Waals surface area (Å²) in [4.78, 5) is 16.1. The second-order valence-corrected chi connectivity index (χ2v) is 5.65. The number of rotatable bonds is 4. The third-order valence-corrected chi connectivity index (χ3v) is 3.05. The summed E-state index contributed by atoms with van der Waals surface area (Å²) in [5.41, 5.74) is 6.70. The van der Waals surface area contributed by atoms with Crippen molar-refractivity contribution >= 4 is 33.3 Å². The molecule has 0 atom stereocenters. The smallest absolute Gasteiger partial charge is 0.259 e. The van der Waals surface area contributed by atoms with Gasteiger partial charge in [-0.3, -0.25) is 4.79 Å². The topological polar surface area (TPSA) is 77.2 Å². The maximum absolute atomic E-state index is 12.2. The van der Waals surface area contributed by atoms with Gasteiger partial charge in [0.15, 0.2) is 0 Å². The molecule has 21 heavy (non-hydrogen) atoms. The van der Waals surface area contributed by atoms with Crippen molar-refractivity contribution in [2.24, 2.45) is 0 Å². The molecule has 0 unspecified atom stereocenters. The molecule has 1 amide bonds. The number of hydrogen-bond donors (Lipinski definition) is 2. The van der Waals surface area contributed by atoms with Crippen molar-refractivity contribution in [1.29, 1.82) is 0 Å².